The molecule has 758 valence electrons. The summed E-state index contributed by atoms with van der Waals surface area (Å²) in [5, 5.41) is 50.9. The van der Waals surface area contributed by atoms with Gasteiger partial charge in [-0.05, 0) is 53.9 Å². The SMILES string of the molecule is COc1ccc(C(OC[C@H]2O[C@@H](n3cc(C)c(=O)[nH]c3=O)C[C@H]2OP(=O)([O-])OC[C@H]2O[C@@H](n3cnc4c(=O)[nH]c(N)nc43)C[C@H]2OP(=O)([O-])OC[C@H]2O[C@@H](n3cnc4c(N)ncnc43)C[C@H]2OP(=O)([O-])OC[C@H]2O[C@@H](n3ccc(N)nc3=O)C[C@H]2O)(c2ccccc2)c2ccc(OCCCOP(=O)(OCCC#N)OC[Si]3O[Si]O[Si]4O[Si]5O[Si]O[Si](CCO)O[Si](CCO)(O5)O[Si](CCO)(O3)O4)cc2)cc1. The number of nitriles is 1. The van der Waals surface area contributed by atoms with Crippen molar-refractivity contribution in [3.05, 3.63) is 180 Å². The molecule has 3 aromatic carbocycles. The molecule has 9 aromatic rings. The number of aryl methyl sites for hydroxylation is 1. The number of H-pyrrole nitrogens is 2. The molecule has 7 fully saturated rings. The summed E-state index contributed by atoms with van der Waals surface area (Å²) in [4.78, 5) is 125. The number of ether oxygens (including phenoxy) is 7. The lowest BCUT2D eigenvalue weighted by molar-refractivity contribution is -0.239. The Balaban J connectivity index is 0.614. The molecule has 57 nitrogen and oxygen atoms in total. The molecule has 7 unspecified atom stereocenters. The van der Waals surface area contributed by atoms with E-state index in [4.69, 9.17) is 132 Å². The number of benzene rings is 3. The van der Waals surface area contributed by atoms with Gasteiger partial charge >= 0.3 is 94.4 Å². The van der Waals surface area contributed by atoms with Crippen LogP contribution in [0.4, 0.5) is 17.6 Å². The highest BCUT2D eigenvalue weighted by molar-refractivity contribution is 7.48. The minimum absolute atomic E-state index is 0.0308. The van der Waals surface area contributed by atoms with E-state index in [1.165, 1.54) is 48.0 Å². The Morgan fingerprint density at radius 2 is 1.13 bits per heavy atom. The summed E-state index contributed by atoms with van der Waals surface area (Å²) in [5.41, 5.74) is 13.8. The zero-order valence-electron chi connectivity index (χ0n) is 73.9. The topological polar surface area (TPSA) is 757 Å². The van der Waals surface area contributed by atoms with Crippen LogP contribution in [0.3, 0.4) is 0 Å². The summed E-state index contributed by atoms with van der Waals surface area (Å²) in [7, 11) is -41.3. The molecule has 0 aliphatic carbocycles. The fraction of sp³-hybridized carbons (Fsp3) is 0.486. The summed E-state index contributed by atoms with van der Waals surface area (Å²) >= 11 is 0. The average Bonchev–Trinajstić information content (AvgIpc) is 1.38. The molecule has 12 N–H and O–H groups in total. The van der Waals surface area contributed by atoms with Crippen LogP contribution < -0.4 is 63.9 Å². The Morgan fingerprint density at radius 1 is 0.589 bits per heavy atom. The molecule has 0 saturated carbocycles. The molecule has 7 aliphatic rings. The molecule has 7 saturated heterocycles. The van der Waals surface area contributed by atoms with Gasteiger partial charge in [-0.15, -0.1) is 0 Å². The highest BCUT2D eigenvalue weighted by Crippen LogP contribution is 2.54. The lowest BCUT2D eigenvalue weighted by Crippen LogP contribution is -2.70. The minimum atomic E-state index is -5.84. The minimum Gasteiger partial charge on any atom is -0.756 e. The number of aromatic nitrogens is 12. The summed E-state index contributed by atoms with van der Waals surface area (Å²) in [6.45, 7) is -4.54. The summed E-state index contributed by atoms with van der Waals surface area (Å²) < 4.78 is 218. The number of phosphoric acid groups is 4. The fourth-order valence-electron chi connectivity index (χ4n) is 15.5. The van der Waals surface area contributed by atoms with Crippen molar-refractivity contribution in [2.45, 2.75) is 143 Å². The van der Waals surface area contributed by atoms with Gasteiger partial charge in [0.25, 0.3) is 34.6 Å². The van der Waals surface area contributed by atoms with Crippen LogP contribution in [-0.4, -0.2) is 282 Å². The summed E-state index contributed by atoms with van der Waals surface area (Å²) in [6.07, 6.45) is -14.6. The van der Waals surface area contributed by atoms with Gasteiger partial charge in [0.2, 0.25) is 5.95 Å². The van der Waals surface area contributed by atoms with Gasteiger partial charge in [0.15, 0.2) is 22.6 Å². The molecule has 6 aromatic heterocycles. The predicted molar refractivity (Wildman–Crippen MR) is 477 cm³/mol. The van der Waals surface area contributed by atoms with Crippen LogP contribution in [0.15, 0.2) is 135 Å². The van der Waals surface area contributed by atoms with Crippen molar-refractivity contribution in [2.75, 3.05) is 96.6 Å². The van der Waals surface area contributed by atoms with E-state index in [0.29, 0.717) is 22.4 Å². The molecule has 19 atom stereocenters. The third kappa shape index (κ3) is 25.8. The van der Waals surface area contributed by atoms with Gasteiger partial charge in [0.05, 0.1) is 103 Å². The van der Waals surface area contributed by atoms with E-state index in [2.05, 4.69) is 39.9 Å². The van der Waals surface area contributed by atoms with Crippen LogP contribution in [0.2, 0.25) is 18.1 Å². The first-order chi connectivity index (χ1) is 67.7. The van der Waals surface area contributed by atoms with E-state index in [1.54, 1.807) is 78.9 Å². The number of fused-ring (bicyclic) bond motifs is 6. The molecule has 16 rings (SSSR count). The Bertz CT molecular complexity index is 6330. The van der Waals surface area contributed by atoms with Gasteiger partial charge in [0.1, 0.15) is 90.3 Å². The van der Waals surface area contributed by atoms with Gasteiger partial charge in [0, 0.05) is 88.0 Å². The third-order valence-corrected chi connectivity index (χ3v) is 45.8. The molecule has 0 amide bonds. The van der Waals surface area contributed by atoms with Crippen LogP contribution in [0.1, 0.15) is 85.7 Å². The second-order valence-corrected chi connectivity index (χ2v) is 52.7. The first-order valence-corrected chi connectivity index (χ1v) is 59.6. The number of nitrogens with two attached hydrogens (primary N) is 3. The van der Waals surface area contributed by atoms with Crippen LogP contribution in [0.5, 0.6) is 11.5 Å². The van der Waals surface area contributed by atoms with E-state index in [1.807, 2.05) is 6.07 Å². The Kier molecular flexibility index (Phi) is 34.8. The quantitative estimate of drug-likeness (QED) is 0.00900. The van der Waals surface area contributed by atoms with E-state index >= 15 is 0 Å². The number of nitrogen functional groups attached to an aromatic ring is 3. The number of aromatic amines is 2. The Hall–Kier alpha value is -7.97. The Morgan fingerprint density at radius 3 is 1.73 bits per heavy atom. The lowest BCUT2D eigenvalue weighted by Gasteiger charge is -2.45. The molecular weight excluding hydrogens is 2090 g/mol. The number of anilines is 3. The standard InChI is InChI=1S/C72H92N16O41P4Si8/c1-43-34-86(71(96)84-67(43)93)59-31-50(117-131(99,100)110-38-56-52(33-61(116-56)88-41-80-63-66(88)82-69(76)83-68(63)94)119-132(101,102)111-37-55-51(32-60(115-55)87-40-79-62-64(75)77-39-78-65(62)87)118-130(97,98)109-36-53-49(92)30-58(113-53)85-20-18-57(74)81-70(85)95)54(114-59)35-106-72(44-8-4-3-5-9-44,45-10-14-47(104-2)15-11-45)46-12-16-48(17-13-46)105-24-7-26-108-133(103,107-25-6-19-73)112-42-137-121-135-123-139-124-138-122-134-120-136(27-21-89)125-140(127-138,28-22-90)129-141(126-137,128-139)29-23-91/h3-5,8-18,20,34,39-41,49-56,58-61,89-92H,6-7,21-33,35-38,42H2,1-2H3,(H,97,98)(H,99,100)(H,101,102)(H2,74,81,95)(H2,75,77,78)(H,84,93,96)(H3,76,82,83,94)/p-3/t49-,50-,51-,52-,53-,54-,55-,56-,58-,59-,60-,61-,72?,133?,140?,141?/m1/s1. The molecule has 69 heteroatoms. The highest BCUT2D eigenvalue weighted by Gasteiger charge is 2.63. The number of methoxy groups -OCH3 is 1. The molecule has 13 heterocycles. The van der Waals surface area contributed by atoms with Crippen LogP contribution in [0, 0.1) is 18.3 Å². The number of phosphoric ester groups is 4. The van der Waals surface area contributed by atoms with E-state index in [0.717, 1.165) is 21.8 Å². The number of aliphatic hydroxyl groups is 4. The second-order valence-electron chi connectivity index (χ2n) is 31.4. The van der Waals surface area contributed by atoms with Crippen LogP contribution in [0.25, 0.3) is 22.3 Å². The maximum Gasteiger partial charge on any atom is 0.551 e. The molecule has 141 heavy (non-hydrogen) atoms. The van der Waals surface area contributed by atoms with Gasteiger partial charge in [-0.25, -0.2) is 34.1 Å². The maximum absolute atomic E-state index is 14.9. The molecule has 4 bridgehead atoms. The zero-order valence-corrected chi connectivity index (χ0v) is 85.5. The number of aliphatic hydroxyl groups excluding tert-OH is 4. The van der Waals surface area contributed by atoms with Crippen molar-refractivity contribution in [3.63, 3.8) is 0 Å². The Labute approximate surface area is 811 Å². The van der Waals surface area contributed by atoms with Crippen molar-refractivity contribution in [1.29, 1.82) is 5.26 Å². The summed E-state index contributed by atoms with van der Waals surface area (Å²) in [5.74, 6) is 0.205. The zero-order chi connectivity index (χ0) is 99.6. The highest BCUT2D eigenvalue weighted by atomic mass is 31.2. The van der Waals surface area contributed by atoms with E-state index in [-0.39, 0.29) is 108 Å². The number of nitrogens with one attached hydrogen (secondary N) is 2. The number of nitrogens with zero attached hydrogens (tertiary/aromatic N) is 11. The largest absolute Gasteiger partial charge is 0.756 e. The molecule has 7 aliphatic heterocycles. The fourth-order valence-corrected chi connectivity index (χ4v) is 42.0. The van der Waals surface area contributed by atoms with Crippen LogP contribution in [-0.2, 0) is 129 Å². The maximum atomic E-state index is 14.9. The number of hydrogen-bond donors (Lipinski definition) is 9. The van der Waals surface area contributed by atoms with Crippen LogP contribution >= 0.6 is 31.3 Å². The predicted octanol–water partition coefficient (Wildman–Crippen LogP) is -1.58. The molecular formula is C72H89N16O41P4Si8-3. The molecule has 8 radical (unpaired) electrons. The van der Waals surface area contributed by atoms with Gasteiger partial charge in [-0.1, -0.05) is 54.6 Å². The normalized spacial score (nSPS) is 27.2. The van der Waals surface area contributed by atoms with E-state index in [9.17, 15) is 77.8 Å². The number of hydrogen-bond acceptors (Lipinski definition) is 51. The smallest absolute Gasteiger partial charge is 0.551 e. The lowest BCUT2D eigenvalue weighted by atomic mass is 9.80. The van der Waals surface area contributed by atoms with Gasteiger partial charge < -0.3 is 154 Å². The van der Waals surface area contributed by atoms with E-state index < -0.39 is 280 Å². The molecule has 0 spiro atoms. The van der Waals surface area contributed by atoms with Gasteiger partial charge in [-0.2, -0.15) is 15.2 Å². The van der Waals surface area contributed by atoms with Gasteiger partial charge in [-0.3, -0.25) is 65.1 Å². The average molecular weight is 2180 g/mol. The van der Waals surface area contributed by atoms with Crippen molar-refractivity contribution in [2.24, 2.45) is 0 Å². The monoisotopic (exact) mass is 2180 g/mol. The third-order valence-electron chi connectivity index (χ3n) is 22.0. The number of imidazole rings is 2. The second kappa shape index (κ2) is 46.4. The van der Waals surface area contributed by atoms with Crippen molar-refractivity contribution >= 4 is 146 Å². The number of rotatable bonds is 44. The van der Waals surface area contributed by atoms with Crippen molar-refractivity contribution in [3.8, 4) is 17.6 Å². The van der Waals surface area contributed by atoms with Crippen molar-refractivity contribution in [1.82, 2.24) is 58.1 Å². The first-order valence-electron chi connectivity index (χ1n) is 42.8. The first kappa shape index (κ1) is 106. The summed E-state index contributed by atoms with van der Waals surface area (Å²) in [6, 6.07) is 24.8. The van der Waals surface area contributed by atoms with Crippen molar-refractivity contribution < 1.29 is 168 Å².